The van der Waals surface area contributed by atoms with Gasteiger partial charge in [0.15, 0.2) is 17.8 Å². The monoisotopic (exact) mass is 552 g/mol. The smallest absolute Gasteiger partial charge is 0.330 e. The molecule has 0 radical (unpaired) electrons. The van der Waals surface area contributed by atoms with Crippen LogP contribution in [-0.2, 0) is 28.5 Å². The Kier molecular flexibility index (Phi) is 7.86. The maximum atomic E-state index is 12.5. The van der Waals surface area contributed by atoms with Crippen molar-refractivity contribution in [2.45, 2.75) is 54.8 Å². The van der Waals surface area contributed by atoms with Gasteiger partial charge in [-0.2, -0.15) is 0 Å². The van der Waals surface area contributed by atoms with Gasteiger partial charge in [0.25, 0.3) is 0 Å². The van der Waals surface area contributed by atoms with Gasteiger partial charge in [-0.25, -0.2) is 4.79 Å². The lowest BCUT2D eigenvalue weighted by atomic mass is 9.85. The van der Waals surface area contributed by atoms with Crippen molar-refractivity contribution in [2.24, 2.45) is 11.8 Å². The zero-order valence-corrected chi connectivity index (χ0v) is 21.2. The van der Waals surface area contributed by atoms with Gasteiger partial charge in [-0.3, -0.25) is 0 Å². The number of epoxide rings is 1. The molecule has 1 aliphatic carbocycles. The molecule has 1 aromatic carbocycles. The Morgan fingerprint density at radius 3 is 2.51 bits per heavy atom. The number of aliphatic hydroxyl groups excluding tert-OH is 5. The van der Waals surface area contributed by atoms with E-state index in [2.05, 4.69) is 0 Å². The second kappa shape index (κ2) is 11.0. The normalized spacial score (nSPS) is 40.5. The van der Waals surface area contributed by atoms with Crippen LogP contribution in [0.15, 0.2) is 36.6 Å². The molecular formula is C26H32O13. The van der Waals surface area contributed by atoms with E-state index in [0.29, 0.717) is 17.1 Å². The van der Waals surface area contributed by atoms with Crippen LogP contribution in [0.1, 0.15) is 5.56 Å². The summed E-state index contributed by atoms with van der Waals surface area (Å²) < 4.78 is 38.7. The van der Waals surface area contributed by atoms with Crippen molar-refractivity contribution >= 4 is 12.0 Å². The van der Waals surface area contributed by atoms with Gasteiger partial charge in [0.1, 0.15) is 42.7 Å². The molecule has 4 aliphatic rings. The molecule has 3 aliphatic heterocycles. The molecule has 11 atom stereocenters. The number of aliphatic hydroxyl groups is 5. The summed E-state index contributed by atoms with van der Waals surface area (Å²) >= 11 is 0. The number of hydrogen-bond acceptors (Lipinski definition) is 13. The summed E-state index contributed by atoms with van der Waals surface area (Å²) in [6.07, 6.45) is -4.39. The molecule has 0 amide bonds. The molecule has 3 heterocycles. The highest BCUT2D eigenvalue weighted by molar-refractivity contribution is 5.87. The summed E-state index contributed by atoms with van der Waals surface area (Å²) in [5, 5.41) is 50.8. The molecule has 0 aromatic heterocycles. The molecule has 0 unspecified atom stereocenters. The zero-order chi connectivity index (χ0) is 27.9. The first-order chi connectivity index (χ1) is 18.7. The summed E-state index contributed by atoms with van der Waals surface area (Å²) in [5.41, 5.74) is -0.445. The first-order valence-corrected chi connectivity index (χ1v) is 12.4. The van der Waals surface area contributed by atoms with Crippen molar-refractivity contribution < 1.29 is 63.5 Å². The number of carbonyl (C=O) groups is 1. The number of fused-ring (bicyclic) bond motifs is 3. The molecule has 0 spiro atoms. The number of benzene rings is 1. The fourth-order valence-electron chi connectivity index (χ4n) is 5.51. The lowest BCUT2D eigenvalue weighted by Gasteiger charge is -2.43. The highest BCUT2D eigenvalue weighted by atomic mass is 16.8. The van der Waals surface area contributed by atoms with Crippen LogP contribution in [0.4, 0.5) is 0 Å². The third-order valence-electron chi connectivity index (χ3n) is 7.64. The Morgan fingerprint density at radius 1 is 1.03 bits per heavy atom. The van der Waals surface area contributed by atoms with E-state index in [-0.39, 0.29) is 6.61 Å². The van der Waals surface area contributed by atoms with Crippen LogP contribution in [0.5, 0.6) is 11.5 Å². The fourth-order valence-corrected chi connectivity index (χ4v) is 5.51. The van der Waals surface area contributed by atoms with Gasteiger partial charge in [0, 0.05) is 12.0 Å². The minimum Gasteiger partial charge on any atom is -0.493 e. The van der Waals surface area contributed by atoms with Gasteiger partial charge in [-0.1, -0.05) is 6.07 Å². The number of carbonyl (C=O) groups excluding carboxylic acids is 1. The fraction of sp³-hybridized carbons (Fsp3) is 0.577. The van der Waals surface area contributed by atoms with Crippen LogP contribution in [0.3, 0.4) is 0 Å². The van der Waals surface area contributed by atoms with Crippen LogP contribution < -0.4 is 9.47 Å². The Hall–Kier alpha value is -2.75. The van der Waals surface area contributed by atoms with Crippen molar-refractivity contribution in [3.63, 3.8) is 0 Å². The van der Waals surface area contributed by atoms with E-state index in [1.54, 1.807) is 30.4 Å². The molecule has 13 nitrogen and oxygen atoms in total. The van der Waals surface area contributed by atoms with Gasteiger partial charge < -0.3 is 58.7 Å². The standard InChI is InChI=1S/C26H32O13/c1-33-14-5-3-12(9-15(14)34-2)4-6-17(28)36-11-26-18-13(19(29)23(26)39-26)7-8-35-24(18)38-25-22(32)21(31)20(30)16(10-27)37-25/h3-9,13,16,18-25,27,29-32H,10-11H2,1-2H3/t13-,16-,18-,19+,20-,21+,22-,23+,24+,25+,26-/m0/s1. The van der Waals surface area contributed by atoms with E-state index < -0.39 is 79.2 Å². The Bertz CT molecular complexity index is 1110. The van der Waals surface area contributed by atoms with Crippen molar-refractivity contribution in [3.8, 4) is 11.5 Å². The van der Waals surface area contributed by atoms with Gasteiger partial charge >= 0.3 is 5.97 Å². The Labute approximate surface area is 223 Å². The molecule has 5 rings (SSSR count). The first-order valence-electron chi connectivity index (χ1n) is 12.4. The Morgan fingerprint density at radius 2 is 1.79 bits per heavy atom. The zero-order valence-electron chi connectivity index (χ0n) is 21.2. The van der Waals surface area contributed by atoms with E-state index in [9.17, 15) is 30.3 Å². The maximum absolute atomic E-state index is 12.5. The predicted molar refractivity (Wildman–Crippen MR) is 129 cm³/mol. The average molecular weight is 553 g/mol. The molecule has 0 bridgehead atoms. The third-order valence-corrected chi connectivity index (χ3v) is 7.64. The van der Waals surface area contributed by atoms with Crippen molar-refractivity contribution in [3.05, 3.63) is 42.2 Å². The van der Waals surface area contributed by atoms with Crippen molar-refractivity contribution in [2.75, 3.05) is 27.4 Å². The molecule has 1 aromatic rings. The summed E-state index contributed by atoms with van der Waals surface area (Å²) in [4.78, 5) is 12.5. The topological polar surface area (TPSA) is 186 Å². The minimum atomic E-state index is -1.64. The summed E-state index contributed by atoms with van der Waals surface area (Å²) in [5.74, 6) is -0.745. The molecule has 214 valence electrons. The van der Waals surface area contributed by atoms with Gasteiger partial charge in [0.05, 0.1) is 39.1 Å². The molecule has 5 N–H and O–H groups in total. The summed E-state index contributed by atoms with van der Waals surface area (Å²) in [6.45, 7) is -0.834. The quantitative estimate of drug-likeness (QED) is 0.138. The highest BCUT2D eigenvalue weighted by Gasteiger charge is 2.76. The predicted octanol–water partition coefficient (Wildman–Crippen LogP) is -1.31. The highest BCUT2D eigenvalue weighted by Crippen LogP contribution is 2.60. The van der Waals surface area contributed by atoms with Gasteiger partial charge in [-0.05, 0) is 29.8 Å². The maximum Gasteiger partial charge on any atom is 0.330 e. The van der Waals surface area contributed by atoms with E-state index in [1.165, 1.54) is 26.6 Å². The van der Waals surface area contributed by atoms with Gasteiger partial charge in [0.2, 0.25) is 6.29 Å². The largest absolute Gasteiger partial charge is 0.493 e. The minimum absolute atomic E-state index is 0.212. The van der Waals surface area contributed by atoms with E-state index in [1.807, 2.05) is 0 Å². The second-order valence-corrected chi connectivity index (χ2v) is 9.81. The molecular weight excluding hydrogens is 520 g/mol. The average Bonchev–Trinajstić information content (AvgIpc) is 3.64. The number of methoxy groups -OCH3 is 2. The second-order valence-electron chi connectivity index (χ2n) is 9.81. The number of ether oxygens (including phenoxy) is 7. The van der Waals surface area contributed by atoms with Crippen molar-refractivity contribution in [1.29, 1.82) is 0 Å². The van der Waals surface area contributed by atoms with E-state index >= 15 is 0 Å². The molecule has 3 fully saturated rings. The van der Waals surface area contributed by atoms with Crippen LogP contribution >= 0.6 is 0 Å². The first kappa shape index (κ1) is 27.8. The molecule has 13 heteroatoms. The van der Waals surface area contributed by atoms with Crippen LogP contribution in [0, 0.1) is 11.8 Å². The number of esters is 1. The number of rotatable bonds is 9. The van der Waals surface area contributed by atoms with Crippen LogP contribution in [-0.4, -0.2) is 114 Å². The summed E-state index contributed by atoms with van der Waals surface area (Å²) in [7, 11) is 3.03. The lowest BCUT2D eigenvalue weighted by Crippen LogP contribution is -2.60. The SMILES string of the molecule is COc1ccc(C=CC(=O)OC[C@@]23O[C@@H]2[C@H](O)[C@H]2C=CO[C@H](O[C@H]4O[C@@H](CO)[C@H](O)[C@@H](O)[C@@H]4O)[C@H]23)cc1OC. The molecule has 39 heavy (non-hydrogen) atoms. The molecule has 1 saturated carbocycles. The Balaban J connectivity index is 1.26. The van der Waals surface area contributed by atoms with Crippen LogP contribution in [0.2, 0.25) is 0 Å². The summed E-state index contributed by atoms with van der Waals surface area (Å²) in [6, 6.07) is 5.15. The lowest BCUT2D eigenvalue weighted by molar-refractivity contribution is -0.344. The van der Waals surface area contributed by atoms with Crippen molar-refractivity contribution in [1.82, 2.24) is 0 Å². The van der Waals surface area contributed by atoms with E-state index in [4.69, 9.17) is 33.2 Å². The number of hydrogen-bond donors (Lipinski definition) is 5. The van der Waals surface area contributed by atoms with Crippen LogP contribution in [0.25, 0.3) is 6.08 Å². The molecule has 2 saturated heterocycles. The third kappa shape index (κ3) is 5.00. The van der Waals surface area contributed by atoms with Gasteiger partial charge in [-0.15, -0.1) is 0 Å². The van der Waals surface area contributed by atoms with E-state index in [0.717, 1.165) is 0 Å².